The van der Waals surface area contributed by atoms with Gasteiger partial charge in [-0.25, -0.2) is 22.8 Å². The maximum absolute atomic E-state index is 12.5. The molecule has 0 bridgehead atoms. The zero-order valence-electron chi connectivity index (χ0n) is 16.3. The van der Waals surface area contributed by atoms with E-state index in [2.05, 4.69) is 33.6 Å². The Morgan fingerprint density at radius 1 is 1.26 bits per heavy atom. The molecule has 2 aromatic rings. The number of nitrogens with zero attached hydrogens (tertiary/aromatic N) is 4. The lowest BCUT2D eigenvalue weighted by Gasteiger charge is -2.34. The molecule has 3 heterocycles. The molecule has 27 heavy (non-hydrogen) atoms. The number of piperidine rings is 1. The Balaban J connectivity index is 1.53. The Hall–Kier alpha value is -1.77. The van der Waals surface area contributed by atoms with Crippen LogP contribution < -0.4 is 4.72 Å². The predicted octanol–water partition coefficient (Wildman–Crippen LogP) is 2.22. The quantitative estimate of drug-likeness (QED) is 0.732. The summed E-state index contributed by atoms with van der Waals surface area (Å²) >= 11 is 0. The van der Waals surface area contributed by atoms with Gasteiger partial charge in [-0.2, -0.15) is 5.10 Å². The van der Waals surface area contributed by atoms with Crippen molar-refractivity contribution in [3.05, 3.63) is 36.3 Å². The summed E-state index contributed by atoms with van der Waals surface area (Å²) in [7, 11) is -3.56. The Bertz CT molecular complexity index is 854. The van der Waals surface area contributed by atoms with Crippen molar-refractivity contribution in [3.8, 4) is 5.82 Å². The third-order valence-electron chi connectivity index (χ3n) is 4.89. The third kappa shape index (κ3) is 5.37. The maximum Gasteiger partial charge on any atom is 0.243 e. The Morgan fingerprint density at radius 3 is 2.70 bits per heavy atom. The van der Waals surface area contributed by atoms with Crippen LogP contribution in [-0.4, -0.2) is 54.3 Å². The first-order valence-electron chi connectivity index (χ1n) is 9.53. The van der Waals surface area contributed by atoms with Crippen molar-refractivity contribution in [3.63, 3.8) is 0 Å². The van der Waals surface area contributed by atoms with Crippen LogP contribution in [0.5, 0.6) is 0 Å². The molecule has 0 aliphatic carbocycles. The van der Waals surface area contributed by atoms with Crippen LogP contribution in [0.4, 0.5) is 0 Å². The van der Waals surface area contributed by atoms with Crippen LogP contribution >= 0.6 is 0 Å². The molecule has 0 saturated carbocycles. The monoisotopic (exact) mass is 391 g/mol. The minimum Gasteiger partial charge on any atom is -0.303 e. The molecule has 0 radical (unpaired) electrons. The molecular formula is C19H29N5O2S. The highest BCUT2D eigenvalue weighted by Gasteiger charge is 2.21. The van der Waals surface area contributed by atoms with E-state index in [1.54, 1.807) is 6.20 Å². The molecule has 7 nitrogen and oxygen atoms in total. The van der Waals surface area contributed by atoms with Crippen molar-refractivity contribution in [2.45, 2.75) is 38.5 Å². The van der Waals surface area contributed by atoms with E-state index in [1.807, 2.05) is 19.1 Å². The molecule has 2 atom stereocenters. The van der Waals surface area contributed by atoms with Gasteiger partial charge < -0.3 is 4.90 Å². The molecule has 8 heteroatoms. The topological polar surface area (TPSA) is 80.1 Å². The number of hydrogen-bond donors (Lipinski definition) is 1. The lowest BCUT2D eigenvalue weighted by atomic mass is 9.92. The van der Waals surface area contributed by atoms with Gasteiger partial charge in [0.1, 0.15) is 4.90 Å². The van der Waals surface area contributed by atoms with Crippen LogP contribution in [-0.2, 0) is 10.0 Å². The SMILES string of the molecule is Cc1ccnc(-n2cc(S(=O)(=O)NCCCN3CC(C)CC(C)C3)cn2)c1. The number of rotatable bonds is 7. The summed E-state index contributed by atoms with van der Waals surface area (Å²) < 4.78 is 29.2. The molecule has 1 N–H and O–H groups in total. The number of likely N-dealkylation sites (tertiary alicyclic amines) is 1. The van der Waals surface area contributed by atoms with Gasteiger partial charge >= 0.3 is 0 Å². The van der Waals surface area contributed by atoms with Crippen molar-refractivity contribution in [2.24, 2.45) is 11.8 Å². The standard InChI is InChI=1S/C19H29N5O2S/c1-15-5-7-20-19(10-15)24-14-18(11-21-24)27(25,26)22-6-4-8-23-12-16(2)9-17(3)13-23/h5,7,10-11,14,16-17,22H,4,6,8-9,12-13H2,1-3H3. The summed E-state index contributed by atoms with van der Waals surface area (Å²) in [5, 5.41) is 4.14. The van der Waals surface area contributed by atoms with Gasteiger partial charge in [0.25, 0.3) is 0 Å². The average Bonchev–Trinajstić information content (AvgIpc) is 3.09. The van der Waals surface area contributed by atoms with Gasteiger partial charge in [0, 0.05) is 25.8 Å². The second-order valence-corrected chi connectivity index (χ2v) is 9.54. The summed E-state index contributed by atoms with van der Waals surface area (Å²) in [4.78, 5) is 6.82. The van der Waals surface area contributed by atoms with Crippen LogP contribution in [0, 0.1) is 18.8 Å². The van der Waals surface area contributed by atoms with E-state index in [-0.39, 0.29) is 4.90 Å². The fourth-order valence-electron chi connectivity index (χ4n) is 3.78. The molecule has 0 amide bonds. The van der Waals surface area contributed by atoms with Crippen molar-refractivity contribution in [1.29, 1.82) is 0 Å². The van der Waals surface area contributed by atoms with Crippen LogP contribution in [0.3, 0.4) is 0 Å². The fourth-order valence-corrected chi connectivity index (χ4v) is 4.79. The van der Waals surface area contributed by atoms with Gasteiger partial charge in [0.05, 0.1) is 12.4 Å². The zero-order valence-corrected chi connectivity index (χ0v) is 17.1. The molecule has 1 aliphatic heterocycles. The van der Waals surface area contributed by atoms with Gasteiger partial charge in [-0.3, -0.25) is 0 Å². The third-order valence-corrected chi connectivity index (χ3v) is 6.31. The van der Waals surface area contributed by atoms with Gasteiger partial charge in [-0.15, -0.1) is 0 Å². The molecule has 0 aromatic carbocycles. The highest BCUT2D eigenvalue weighted by Crippen LogP contribution is 2.20. The van der Waals surface area contributed by atoms with Crippen molar-refractivity contribution in [2.75, 3.05) is 26.2 Å². The highest BCUT2D eigenvalue weighted by atomic mass is 32.2. The second-order valence-electron chi connectivity index (χ2n) is 7.77. The van der Waals surface area contributed by atoms with Crippen LogP contribution in [0.15, 0.2) is 35.6 Å². The average molecular weight is 392 g/mol. The molecule has 3 rings (SSSR count). The highest BCUT2D eigenvalue weighted by molar-refractivity contribution is 7.89. The summed E-state index contributed by atoms with van der Waals surface area (Å²) in [6, 6.07) is 3.74. The Morgan fingerprint density at radius 2 is 2.00 bits per heavy atom. The smallest absolute Gasteiger partial charge is 0.243 e. The van der Waals surface area contributed by atoms with Crippen LogP contribution in [0.2, 0.25) is 0 Å². The summed E-state index contributed by atoms with van der Waals surface area (Å²) in [6.45, 7) is 10.1. The lowest BCUT2D eigenvalue weighted by Crippen LogP contribution is -2.40. The van der Waals surface area contributed by atoms with Gasteiger partial charge in [0.15, 0.2) is 5.82 Å². The Kier molecular flexibility index (Phi) is 6.29. The number of sulfonamides is 1. The first-order valence-corrected chi connectivity index (χ1v) is 11.0. The van der Waals surface area contributed by atoms with Gasteiger partial charge in [-0.05, 0) is 55.8 Å². The van der Waals surface area contributed by atoms with Crippen molar-refractivity contribution in [1.82, 2.24) is 24.4 Å². The van der Waals surface area contributed by atoms with Crippen molar-refractivity contribution >= 4 is 10.0 Å². The number of hydrogen-bond acceptors (Lipinski definition) is 5. The van der Waals surface area contributed by atoms with E-state index in [0.717, 1.165) is 31.6 Å². The van der Waals surface area contributed by atoms with Crippen molar-refractivity contribution < 1.29 is 8.42 Å². The van der Waals surface area contributed by atoms with Crippen LogP contribution in [0.25, 0.3) is 5.82 Å². The number of pyridine rings is 1. The zero-order chi connectivity index (χ0) is 19.4. The molecule has 2 unspecified atom stereocenters. The number of nitrogens with one attached hydrogen (secondary N) is 1. The van der Waals surface area contributed by atoms with Gasteiger partial charge in [0.2, 0.25) is 10.0 Å². The fraction of sp³-hybridized carbons (Fsp3) is 0.579. The minimum atomic E-state index is -3.56. The molecular weight excluding hydrogens is 362 g/mol. The Labute approximate surface area is 161 Å². The largest absolute Gasteiger partial charge is 0.303 e. The van der Waals surface area contributed by atoms with Gasteiger partial charge in [-0.1, -0.05) is 13.8 Å². The number of aromatic nitrogens is 3. The normalized spacial score (nSPS) is 21.4. The van der Waals surface area contributed by atoms with E-state index in [9.17, 15) is 8.42 Å². The van der Waals surface area contributed by atoms with Crippen LogP contribution in [0.1, 0.15) is 32.3 Å². The number of aryl methyl sites for hydroxylation is 1. The molecule has 148 valence electrons. The maximum atomic E-state index is 12.5. The molecule has 0 spiro atoms. The first-order chi connectivity index (χ1) is 12.8. The molecule has 1 saturated heterocycles. The summed E-state index contributed by atoms with van der Waals surface area (Å²) in [6.07, 6.45) is 6.62. The van der Waals surface area contributed by atoms with E-state index in [4.69, 9.17) is 0 Å². The lowest BCUT2D eigenvalue weighted by molar-refractivity contribution is 0.140. The minimum absolute atomic E-state index is 0.158. The van der Waals surface area contributed by atoms with E-state index in [0.29, 0.717) is 24.2 Å². The predicted molar refractivity (Wildman–Crippen MR) is 105 cm³/mol. The van der Waals surface area contributed by atoms with E-state index >= 15 is 0 Å². The van der Waals surface area contributed by atoms with E-state index < -0.39 is 10.0 Å². The second kappa shape index (κ2) is 8.50. The molecule has 2 aromatic heterocycles. The molecule has 1 aliphatic rings. The summed E-state index contributed by atoms with van der Waals surface area (Å²) in [5.74, 6) is 2.03. The molecule has 1 fully saturated rings. The first kappa shape index (κ1) is 20.0. The van der Waals surface area contributed by atoms with E-state index in [1.165, 1.54) is 23.5 Å². The summed E-state index contributed by atoms with van der Waals surface area (Å²) in [5.41, 5.74) is 1.04.